The Morgan fingerprint density at radius 2 is 2.30 bits per heavy atom. The lowest BCUT2D eigenvalue weighted by molar-refractivity contribution is 0.120. The van der Waals surface area contributed by atoms with E-state index in [0.29, 0.717) is 16.1 Å². The van der Waals surface area contributed by atoms with Crippen molar-refractivity contribution in [1.82, 2.24) is 4.98 Å². The Bertz CT molecular complexity index is 597. The van der Waals surface area contributed by atoms with E-state index in [1.54, 1.807) is 17.4 Å². The molecule has 1 aliphatic rings. The standard InChI is InChI=1S/C14H14Cl2N2OS/c15-9-3-4-11(12(16)6-9)13-8-20-14(18-13)17-7-10-2-1-5-19-10/h3-4,6,8,10H,1-2,5,7H2,(H,17,18). The molecule has 1 aromatic carbocycles. The molecule has 2 aromatic rings. The van der Waals surface area contributed by atoms with Gasteiger partial charge in [0.2, 0.25) is 0 Å². The van der Waals surface area contributed by atoms with E-state index in [1.807, 2.05) is 17.5 Å². The van der Waals surface area contributed by atoms with Crippen LogP contribution in [0.1, 0.15) is 12.8 Å². The predicted molar refractivity (Wildman–Crippen MR) is 85.0 cm³/mol. The summed E-state index contributed by atoms with van der Waals surface area (Å²) in [5, 5.41) is 7.45. The normalized spacial score (nSPS) is 18.4. The van der Waals surface area contributed by atoms with Crippen molar-refractivity contribution in [2.45, 2.75) is 18.9 Å². The Labute approximate surface area is 131 Å². The first-order valence-corrected chi connectivity index (χ1v) is 8.12. The SMILES string of the molecule is Clc1ccc(-c2csc(NCC3CCCO3)n2)c(Cl)c1. The van der Waals surface area contributed by atoms with Crippen molar-refractivity contribution in [3.05, 3.63) is 33.6 Å². The summed E-state index contributed by atoms with van der Waals surface area (Å²) in [6.07, 6.45) is 2.57. The van der Waals surface area contributed by atoms with Gasteiger partial charge in [-0.1, -0.05) is 23.2 Å². The van der Waals surface area contributed by atoms with E-state index in [4.69, 9.17) is 27.9 Å². The minimum absolute atomic E-state index is 0.307. The average Bonchev–Trinajstić information content (AvgIpc) is 3.07. The molecule has 1 unspecified atom stereocenters. The third-order valence-electron chi connectivity index (χ3n) is 3.22. The van der Waals surface area contributed by atoms with Gasteiger partial charge < -0.3 is 10.1 Å². The summed E-state index contributed by atoms with van der Waals surface area (Å²) < 4.78 is 5.58. The largest absolute Gasteiger partial charge is 0.376 e. The van der Waals surface area contributed by atoms with Crippen molar-refractivity contribution in [3.8, 4) is 11.3 Å². The van der Waals surface area contributed by atoms with Crippen molar-refractivity contribution >= 4 is 39.7 Å². The van der Waals surface area contributed by atoms with Crippen molar-refractivity contribution in [3.63, 3.8) is 0 Å². The monoisotopic (exact) mass is 328 g/mol. The van der Waals surface area contributed by atoms with Crippen LogP contribution in [0.25, 0.3) is 11.3 Å². The Morgan fingerprint density at radius 3 is 3.05 bits per heavy atom. The van der Waals surface area contributed by atoms with Gasteiger partial charge in [0.05, 0.1) is 16.8 Å². The van der Waals surface area contributed by atoms with E-state index in [1.165, 1.54) is 0 Å². The maximum Gasteiger partial charge on any atom is 0.183 e. The highest BCUT2D eigenvalue weighted by Crippen LogP contribution is 2.32. The number of benzene rings is 1. The molecule has 6 heteroatoms. The highest BCUT2D eigenvalue weighted by Gasteiger charge is 2.16. The lowest BCUT2D eigenvalue weighted by Crippen LogP contribution is -2.18. The van der Waals surface area contributed by atoms with Crippen LogP contribution in [0.2, 0.25) is 10.0 Å². The fraction of sp³-hybridized carbons (Fsp3) is 0.357. The number of hydrogen-bond acceptors (Lipinski definition) is 4. The molecule has 0 bridgehead atoms. The lowest BCUT2D eigenvalue weighted by Gasteiger charge is -2.09. The fourth-order valence-corrected chi connectivity index (χ4v) is 3.41. The second kappa shape index (κ2) is 6.31. The Kier molecular flexibility index (Phi) is 4.46. The van der Waals surface area contributed by atoms with Crippen molar-refractivity contribution < 1.29 is 4.74 Å². The summed E-state index contributed by atoms with van der Waals surface area (Å²) in [4.78, 5) is 4.56. The highest BCUT2D eigenvalue weighted by atomic mass is 35.5. The third kappa shape index (κ3) is 3.26. The first-order chi connectivity index (χ1) is 9.72. The van der Waals surface area contributed by atoms with E-state index in [0.717, 1.165) is 42.4 Å². The van der Waals surface area contributed by atoms with Crippen LogP contribution in [0.15, 0.2) is 23.6 Å². The minimum Gasteiger partial charge on any atom is -0.376 e. The average molecular weight is 329 g/mol. The van der Waals surface area contributed by atoms with E-state index < -0.39 is 0 Å². The van der Waals surface area contributed by atoms with Crippen LogP contribution in [-0.4, -0.2) is 24.2 Å². The molecule has 0 radical (unpaired) electrons. The molecule has 1 fully saturated rings. The molecule has 3 nitrogen and oxygen atoms in total. The van der Waals surface area contributed by atoms with Crippen LogP contribution < -0.4 is 5.32 Å². The molecular formula is C14H14Cl2N2OS. The summed E-state index contributed by atoms with van der Waals surface area (Å²) in [5.74, 6) is 0. The number of ether oxygens (including phenoxy) is 1. The molecule has 1 atom stereocenters. The van der Waals surface area contributed by atoms with Gasteiger partial charge in [0.15, 0.2) is 5.13 Å². The second-order valence-corrected chi connectivity index (χ2v) is 6.38. The molecule has 106 valence electrons. The molecular weight excluding hydrogens is 315 g/mol. The third-order valence-corrected chi connectivity index (χ3v) is 4.56. The lowest BCUT2D eigenvalue weighted by atomic mass is 10.2. The summed E-state index contributed by atoms with van der Waals surface area (Å²) in [7, 11) is 0. The van der Waals surface area contributed by atoms with E-state index >= 15 is 0 Å². The smallest absolute Gasteiger partial charge is 0.183 e. The van der Waals surface area contributed by atoms with E-state index in [9.17, 15) is 0 Å². The fourth-order valence-electron chi connectivity index (χ4n) is 2.18. The number of thiazole rings is 1. The Morgan fingerprint density at radius 1 is 1.40 bits per heavy atom. The number of halogens is 2. The molecule has 0 saturated carbocycles. The quantitative estimate of drug-likeness (QED) is 0.882. The van der Waals surface area contributed by atoms with Crippen LogP contribution in [0.5, 0.6) is 0 Å². The summed E-state index contributed by atoms with van der Waals surface area (Å²) >= 11 is 13.7. The van der Waals surface area contributed by atoms with Gasteiger partial charge in [-0.25, -0.2) is 4.98 Å². The van der Waals surface area contributed by atoms with Gasteiger partial charge in [-0.2, -0.15) is 0 Å². The number of hydrogen-bond donors (Lipinski definition) is 1. The number of rotatable bonds is 4. The zero-order valence-electron chi connectivity index (χ0n) is 10.7. The van der Waals surface area contributed by atoms with Crippen molar-refractivity contribution in [2.24, 2.45) is 0 Å². The molecule has 1 N–H and O–H groups in total. The van der Waals surface area contributed by atoms with Gasteiger partial charge in [-0.3, -0.25) is 0 Å². The van der Waals surface area contributed by atoms with Crippen LogP contribution in [0.4, 0.5) is 5.13 Å². The molecule has 0 amide bonds. The zero-order chi connectivity index (χ0) is 13.9. The summed E-state index contributed by atoms with van der Waals surface area (Å²) in [6.45, 7) is 1.68. The molecule has 1 aromatic heterocycles. The first-order valence-electron chi connectivity index (χ1n) is 6.49. The summed E-state index contributed by atoms with van der Waals surface area (Å²) in [6, 6.07) is 5.45. The van der Waals surface area contributed by atoms with Crippen molar-refractivity contribution in [1.29, 1.82) is 0 Å². The van der Waals surface area contributed by atoms with E-state index in [2.05, 4.69) is 10.3 Å². The van der Waals surface area contributed by atoms with Crippen LogP contribution in [-0.2, 0) is 4.74 Å². The van der Waals surface area contributed by atoms with Crippen LogP contribution >= 0.6 is 34.5 Å². The van der Waals surface area contributed by atoms with Gasteiger partial charge in [0.25, 0.3) is 0 Å². The highest BCUT2D eigenvalue weighted by molar-refractivity contribution is 7.14. The first kappa shape index (κ1) is 14.1. The molecule has 0 spiro atoms. The van der Waals surface area contributed by atoms with Crippen molar-refractivity contribution in [2.75, 3.05) is 18.5 Å². The van der Waals surface area contributed by atoms with Gasteiger partial charge in [0, 0.05) is 29.1 Å². The molecule has 20 heavy (non-hydrogen) atoms. The number of nitrogens with zero attached hydrogens (tertiary/aromatic N) is 1. The van der Waals surface area contributed by atoms with Gasteiger partial charge in [-0.05, 0) is 31.0 Å². The Balaban J connectivity index is 1.69. The predicted octanol–water partition coefficient (Wildman–Crippen LogP) is 4.71. The number of nitrogens with one attached hydrogen (secondary N) is 1. The van der Waals surface area contributed by atoms with Gasteiger partial charge in [-0.15, -0.1) is 11.3 Å². The summed E-state index contributed by atoms with van der Waals surface area (Å²) in [5.41, 5.74) is 1.77. The Hall–Kier alpha value is -0.810. The maximum atomic E-state index is 6.19. The molecule has 3 rings (SSSR count). The van der Waals surface area contributed by atoms with Gasteiger partial charge >= 0.3 is 0 Å². The second-order valence-electron chi connectivity index (χ2n) is 4.68. The molecule has 0 aliphatic carbocycles. The molecule has 1 saturated heterocycles. The number of anilines is 1. The molecule has 2 heterocycles. The topological polar surface area (TPSA) is 34.1 Å². The minimum atomic E-state index is 0.307. The van der Waals surface area contributed by atoms with Crippen LogP contribution in [0.3, 0.4) is 0 Å². The number of aromatic nitrogens is 1. The van der Waals surface area contributed by atoms with Crippen LogP contribution in [0, 0.1) is 0 Å². The van der Waals surface area contributed by atoms with Gasteiger partial charge in [0.1, 0.15) is 0 Å². The van der Waals surface area contributed by atoms with E-state index in [-0.39, 0.29) is 0 Å². The maximum absolute atomic E-state index is 6.19. The molecule has 1 aliphatic heterocycles. The zero-order valence-corrected chi connectivity index (χ0v) is 13.1.